The van der Waals surface area contributed by atoms with Crippen LogP contribution in [0.25, 0.3) is 0 Å². The van der Waals surface area contributed by atoms with Crippen LogP contribution in [0.15, 0.2) is 30.3 Å². The third kappa shape index (κ3) is 2.57. The highest BCUT2D eigenvalue weighted by atomic mass is 16.7. The zero-order valence-electron chi connectivity index (χ0n) is 9.09. The van der Waals surface area contributed by atoms with Crippen molar-refractivity contribution >= 4 is 17.6 Å². The van der Waals surface area contributed by atoms with E-state index in [2.05, 4.69) is 0 Å². The first kappa shape index (κ1) is 11.5. The number of ketones is 1. The number of amides is 2. The van der Waals surface area contributed by atoms with Crippen LogP contribution in [0.3, 0.4) is 0 Å². The number of carbonyl (C=O) groups is 3. The molecule has 0 radical (unpaired) electrons. The second-order valence-corrected chi connectivity index (χ2v) is 3.64. The monoisotopic (exact) mass is 233 g/mol. The molecule has 0 unspecified atom stereocenters. The quantitative estimate of drug-likeness (QED) is 0.573. The maximum absolute atomic E-state index is 11.6. The molecule has 0 atom stereocenters. The van der Waals surface area contributed by atoms with E-state index in [9.17, 15) is 14.4 Å². The number of Topliss-reactive ketones (excluding diaryl/α,β-unsaturated/α-hetero) is 1. The summed E-state index contributed by atoms with van der Waals surface area (Å²) in [5.74, 6) is -1.05. The molecule has 0 aliphatic carbocycles. The average Bonchev–Trinajstić information content (AvgIpc) is 2.67. The highest BCUT2D eigenvalue weighted by Gasteiger charge is 2.30. The zero-order chi connectivity index (χ0) is 12.3. The van der Waals surface area contributed by atoms with Gasteiger partial charge in [0.2, 0.25) is 0 Å². The van der Waals surface area contributed by atoms with E-state index in [1.807, 2.05) is 0 Å². The van der Waals surface area contributed by atoms with Gasteiger partial charge >= 0.3 is 0 Å². The van der Waals surface area contributed by atoms with Crippen LogP contribution in [-0.4, -0.2) is 29.3 Å². The molecule has 0 saturated carbocycles. The molecule has 5 nitrogen and oxygen atoms in total. The fraction of sp³-hybridized carbons (Fsp3) is 0.250. The predicted octanol–water partition coefficient (Wildman–Crippen LogP) is 0.950. The summed E-state index contributed by atoms with van der Waals surface area (Å²) in [6.07, 6.45) is 0.302. The number of hydroxylamine groups is 2. The third-order valence-corrected chi connectivity index (χ3v) is 2.43. The summed E-state index contributed by atoms with van der Waals surface area (Å²) in [5, 5.41) is 0.681. The van der Waals surface area contributed by atoms with Crippen LogP contribution < -0.4 is 0 Å². The summed E-state index contributed by atoms with van der Waals surface area (Å²) in [7, 11) is 0. The van der Waals surface area contributed by atoms with Gasteiger partial charge in [-0.1, -0.05) is 30.3 Å². The van der Waals surface area contributed by atoms with E-state index in [0.29, 0.717) is 10.6 Å². The second kappa shape index (κ2) is 4.88. The van der Waals surface area contributed by atoms with Gasteiger partial charge in [0.25, 0.3) is 11.8 Å². The van der Waals surface area contributed by atoms with Crippen molar-refractivity contribution in [1.82, 2.24) is 5.06 Å². The van der Waals surface area contributed by atoms with Gasteiger partial charge in [-0.3, -0.25) is 19.2 Å². The first-order chi connectivity index (χ1) is 8.18. The average molecular weight is 233 g/mol. The van der Waals surface area contributed by atoms with Crippen molar-refractivity contribution in [2.45, 2.75) is 12.8 Å². The smallest absolute Gasteiger partial charge is 0.254 e. The lowest BCUT2D eigenvalue weighted by Crippen LogP contribution is -2.31. The van der Waals surface area contributed by atoms with Gasteiger partial charge in [-0.05, 0) is 0 Å². The number of imide groups is 1. The van der Waals surface area contributed by atoms with Crippen LogP contribution in [-0.2, 0) is 14.4 Å². The van der Waals surface area contributed by atoms with Gasteiger partial charge in [0, 0.05) is 18.4 Å². The van der Waals surface area contributed by atoms with Crippen LogP contribution in [0.2, 0.25) is 0 Å². The molecule has 1 aromatic rings. The molecule has 5 heteroatoms. The molecule has 0 spiro atoms. The van der Waals surface area contributed by atoms with Gasteiger partial charge in [0.05, 0.1) is 0 Å². The predicted molar refractivity (Wildman–Crippen MR) is 57.8 cm³/mol. The molecule has 1 aromatic carbocycles. The molecule has 0 aromatic heterocycles. The molecule has 1 aliphatic rings. The summed E-state index contributed by atoms with van der Waals surface area (Å²) >= 11 is 0. The van der Waals surface area contributed by atoms with E-state index < -0.39 is 11.8 Å². The van der Waals surface area contributed by atoms with Gasteiger partial charge in [-0.15, -0.1) is 0 Å². The Balaban J connectivity index is 1.93. The van der Waals surface area contributed by atoms with Crippen molar-refractivity contribution in [3.8, 4) is 0 Å². The van der Waals surface area contributed by atoms with Crippen LogP contribution in [0.1, 0.15) is 23.2 Å². The van der Waals surface area contributed by atoms with Crippen molar-refractivity contribution in [2.75, 3.05) is 6.61 Å². The van der Waals surface area contributed by atoms with Crippen molar-refractivity contribution in [2.24, 2.45) is 0 Å². The number of nitrogens with zero attached hydrogens (tertiary/aromatic N) is 1. The normalized spacial score (nSPS) is 15.4. The lowest BCUT2D eigenvalue weighted by atomic mass is 10.1. The van der Waals surface area contributed by atoms with Gasteiger partial charge in [0.15, 0.2) is 5.78 Å². The summed E-state index contributed by atoms with van der Waals surface area (Å²) in [5.41, 5.74) is 0.492. The summed E-state index contributed by atoms with van der Waals surface area (Å²) in [4.78, 5) is 39.0. The number of carbonyl (C=O) groups excluding carboxylic acids is 3. The van der Waals surface area contributed by atoms with E-state index in [0.717, 1.165) is 0 Å². The fourth-order valence-corrected chi connectivity index (χ4v) is 1.53. The van der Waals surface area contributed by atoms with Gasteiger partial charge in [-0.2, -0.15) is 5.06 Å². The van der Waals surface area contributed by atoms with E-state index in [4.69, 9.17) is 4.84 Å². The number of benzene rings is 1. The van der Waals surface area contributed by atoms with Crippen molar-refractivity contribution in [1.29, 1.82) is 0 Å². The van der Waals surface area contributed by atoms with Gasteiger partial charge < -0.3 is 0 Å². The Hall–Kier alpha value is -2.01. The lowest BCUT2D eigenvalue weighted by molar-refractivity contribution is -0.183. The molecule has 0 bridgehead atoms. The molecule has 17 heavy (non-hydrogen) atoms. The fourth-order valence-electron chi connectivity index (χ4n) is 1.53. The first-order valence-corrected chi connectivity index (χ1v) is 5.25. The topological polar surface area (TPSA) is 63.7 Å². The molecule has 88 valence electrons. The minimum atomic E-state index is -0.393. The maximum atomic E-state index is 11.6. The minimum absolute atomic E-state index is 0.151. The highest BCUT2D eigenvalue weighted by Crippen LogP contribution is 2.12. The SMILES string of the molecule is O=C(CON1C(=O)CCC1=O)c1ccccc1. The van der Waals surface area contributed by atoms with Crippen LogP contribution in [0.4, 0.5) is 0 Å². The molecule has 1 heterocycles. The summed E-state index contributed by atoms with van der Waals surface area (Å²) in [6.45, 7) is -0.304. The maximum Gasteiger partial charge on any atom is 0.254 e. The first-order valence-electron chi connectivity index (χ1n) is 5.25. The minimum Gasteiger partial charge on any atom is -0.291 e. The van der Waals surface area contributed by atoms with Gasteiger partial charge in [0.1, 0.15) is 6.61 Å². The second-order valence-electron chi connectivity index (χ2n) is 3.64. The molecule has 1 saturated heterocycles. The Morgan fingerprint density at radius 2 is 1.71 bits per heavy atom. The standard InChI is InChI=1S/C12H11NO4/c14-10(9-4-2-1-3-5-9)8-17-13-11(15)6-7-12(13)16/h1-5H,6-8H2. The van der Waals surface area contributed by atoms with Crippen LogP contribution >= 0.6 is 0 Å². The highest BCUT2D eigenvalue weighted by molar-refractivity contribution is 6.01. The summed E-state index contributed by atoms with van der Waals surface area (Å²) < 4.78 is 0. The molecule has 1 aliphatic heterocycles. The third-order valence-electron chi connectivity index (χ3n) is 2.43. The molecular weight excluding hydrogens is 222 g/mol. The zero-order valence-corrected chi connectivity index (χ0v) is 9.09. The van der Waals surface area contributed by atoms with Crippen molar-refractivity contribution in [3.63, 3.8) is 0 Å². The Kier molecular flexibility index (Phi) is 3.30. The summed E-state index contributed by atoms with van der Waals surface area (Å²) in [6, 6.07) is 8.57. The molecular formula is C12H11NO4. The lowest BCUT2D eigenvalue weighted by Gasteiger charge is -2.12. The Morgan fingerprint density at radius 3 is 2.29 bits per heavy atom. The Bertz CT molecular complexity index is 439. The largest absolute Gasteiger partial charge is 0.291 e. The molecule has 2 rings (SSSR count). The van der Waals surface area contributed by atoms with E-state index >= 15 is 0 Å². The Morgan fingerprint density at radius 1 is 1.12 bits per heavy atom. The van der Waals surface area contributed by atoms with Crippen LogP contribution in [0, 0.1) is 0 Å². The molecule has 1 fully saturated rings. The molecule has 0 N–H and O–H groups in total. The van der Waals surface area contributed by atoms with E-state index in [-0.39, 0.29) is 25.2 Å². The van der Waals surface area contributed by atoms with Crippen molar-refractivity contribution in [3.05, 3.63) is 35.9 Å². The van der Waals surface area contributed by atoms with E-state index in [1.54, 1.807) is 30.3 Å². The molecule has 2 amide bonds. The van der Waals surface area contributed by atoms with Crippen molar-refractivity contribution < 1.29 is 19.2 Å². The Labute approximate surface area is 97.9 Å². The number of hydrogen-bond donors (Lipinski definition) is 0. The number of rotatable bonds is 4. The van der Waals surface area contributed by atoms with Crippen LogP contribution in [0.5, 0.6) is 0 Å². The number of hydrogen-bond acceptors (Lipinski definition) is 4. The van der Waals surface area contributed by atoms with Gasteiger partial charge in [-0.25, -0.2) is 0 Å². The van der Waals surface area contributed by atoms with E-state index in [1.165, 1.54) is 0 Å².